The Balaban J connectivity index is 0.000000540. The summed E-state index contributed by atoms with van der Waals surface area (Å²) in [5.74, 6) is 0. The third-order valence-corrected chi connectivity index (χ3v) is 6.31. The topological polar surface area (TPSA) is 6.89 Å². The molecule has 1 atom stereocenters. The van der Waals surface area contributed by atoms with Crippen LogP contribution in [-0.2, 0) is 0 Å². The van der Waals surface area contributed by atoms with Crippen molar-refractivity contribution in [2.24, 2.45) is 0 Å². The molecule has 0 spiro atoms. The summed E-state index contributed by atoms with van der Waals surface area (Å²) in [6.07, 6.45) is 0. The Bertz CT molecular complexity index is 1410. The van der Waals surface area contributed by atoms with E-state index in [1.807, 2.05) is 0 Å². The van der Waals surface area contributed by atoms with Gasteiger partial charge < -0.3 is 17.3 Å². The van der Waals surface area contributed by atoms with Crippen LogP contribution in [0.3, 0.4) is 0 Å². The maximum absolute atomic E-state index is 9.75. The van der Waals surface area contributed by atoms with Gasteiger partial charge in [0.2, 0.25) is 11.4 Å². The van der Waals surface area contributed by atoms with Gasteiger partial charge in [0.15, 0.2) is 0 Å². The number of nitrogens with zero attached hydrogens (tertiary/aromatic N) is 2. The zero-order valence-electron chi connectivity index (χ0n) is 20.5. The summed E-state index contributed by atoms with van der Waals surface area (Å²) in [7, 11) is -6.00. The number of hydrogen-bond donors (Lipinski definition) is 0. The van der Waals surface area contributed by atoms with Crippen molar-refractivity contribution in [1.82, 2.24) is 0 Å². The molecular formula is C31H25BF4N2. The van der Waals surface area contributed by atoms with Gasteiger partial charge in [0, 0.05) is 23.3 Å². The monoisotopic (exact) mass is 512 g/mol. The van der Waals surface area contributed by atoms with Gasteiger partial charge >= 0.3 is 7.25 Å². The maximum Gasteiger partial charge on any atom is 0.673 e. The van der Waals surface area contributed by atoms with Crippen molar-refractivity contribution in [3.05, 3.63) is 139 Å². The van der Waals surface area contributed by atoms with Gasteiger partial charge in [0.05, 0.1) is 0 Å². The van der Waals surface area contributed by atoms with Gasteiger partial charge in [-0.05, 0) is 41.0 Å². The van der Waals surface area contributed by atoms with E-state index in [1.165, 1.54) is 39.2 Å². The van der Waals surface area contributed by atoms with Gasteiger partial charge in [-0.3, -0.25) is 0 Å². The van der Waals surface area contributed by atoms with Crippen LogP contribution in [0.5, 0.6) is 0 Å². The molecule has 1 saturated heterocycles. The molecule has 0 N–H and O–H groups in total. The maximum atomic E-state index is 9.75. The molecule has 1 aromatic heterocycles. The summed E-state index contributed by atoms with van der Waals surface area (Å²) in [6.45, 7) is 0.999. The van der Waals surface area contributed by atoms with Crippen molar-refractivity contribution >= 4 is 7.25 Å². The predicted octanol–water partition coefficient (Wildman–Crippen LogP) is 7.97. The molecule has 2 heterocycles. The highest BCUT2D eigenvalue weighted by atomic mass is 19.5. The molecule has 2 nitrogen and oxygen atoms in total. The molecule has 0 bridgehead atoms. The lowest BCUT2D eigenvalue weighted by Crippen LogP contribution is -2.49. The fourth-order valence-electron chi connectivity index (χ4n) is 4.60. The van der Waals surface area contributed by atoms with Crippen LogP contribution < -0.4 is 9.69 Å². The van der Waals surface area contributed by atoms with Gasteiger partial charge in [-0.2, -0.15) is 5.01 Å². The van der Waals surface area contributed by atoms with Crippen molar-refractivity contribution < 1.29 is 21.9 Å². The smallest absolute Gasteiger partial charge is 0.418 e. The Kier molecular flexibility index (Phi) is 7.27. The minimum atomic E-state index is -6.00. The molecule has 0 amide bonds. The van der Waals surface area contributed by atoms with E-state index >= 15 is 0 Å². The third kappa shape index (κ3) is 6.11. The average Bonchev–Trinajstić information content (AvgIpc) is 3.74. The van der Waals surface area contributed by atoms with E-state index in [0.29, 0.717) is 6.04 Å². The number of halogens is 4. The van der Waals surface area contributed by atoms with Crippen molar-refractivity contribution in [2.45, 2.75) is 6.04 Å². The molecule has 38 heavy (non-hydrogen) atoms. The zero-order chi connectivity index (χ0) is 26.5. The standard InChI is InChI=1S/C31H25N2.BF4/c1-5-13-24(14-6-1)28-21-29(25-15-7-2-8-16-25)33(30(22-28)26-17-9-3-10-18-26)32-23-31(32)27-19-11-4-12-20-27;2-1(3,4)5/h1-22,31H,23H2;/q+1;-1. The summed E-state index contributed by atoms with van der Waals surface area (Å²) in [6, 6.07) is 48.0. The molecule has 1 fully saturated rings. The number of pyridine rings is 1. The first-order chi connectivity index (χ1) is 18.4. The molecule has 1 aliphatic rings. The van der Waals surface area contributed by atoms with Crippen LogP contribution in [0.4, 0.5) is 17.3 Å². The first-order valence-corrected chi connectivity index (χ1v) is 12.3. The molecule has 1 aliphatic heterocycles. The molecule has 7 heteroatoms. The molecule has 190 valence electrons. The van der Waals surface area contributed by atoms with Crippen LogP contribution >= 0.6 is 0 Å². The highest BCUT2D eigenvalue weighted by molar-refractivity contribution is 6.50. The van der Waals surface area contributed by atoms with Crippen molar-refractivity contribution in [1.29, 1.82) is 0 Å². The van der Waals surface area contributed by atoms with Crippen LogP contribution in [0, 0.1) is 0 Å². The first kappa shape index (κ1) is 25.3. The van der Waals surface area contributed by atoms with Crippen LogP contribution in [0.25, 0.3) is 33.6 Å². The number of rotatable bonds is 5. The largest absolute Gasteiger partial charge is 0.673 e. The van der Waals surface area contributed by atoms with Crippen LogP contribution in [0.1, 0.15) is 11.6 Å². The Hall–Kier alpha value is -4.39. The fourth-order valence-corrected chi connectivity index (χ4v) is 4.60. The third-order valence-electron chi connectivity index (χ3n) is 6.31. The fraction of sp³-hybridized carbons (Fsp3) is 0.0645. The van der Waals surface area contributed by atoms with E-state index < -0.39 is 7.25 Å². The lowest BCUT2D eigenvalue weighted by Gasteiger charge is -2.13. The molecule has 0 saturated carbocycles. The summed E-state index contributed by atoms with van der Waals surface area (Å²) in [5.41, 5.74) is 8.64. The predicted molar refractivity (Wildman–Crippen MR) is 145 cm³/mol. The minimum Gasteiger partial charge on any atom is -0.418 e. The normalized spacial score (nSPS) is 14.4. The van der Waals surface area contributed by atoms with Crippen molar-refractivity contribution in [3.8, 4) is 33.6 Å². The lowest BCUT2D eigenvalue weighted by atomic mass is 9.99. The second-order valence-corrected chi connectivity index (χ2v) is 8.97. The van der Waals surface area contributed by atoms with E-state index in [0.717, 1.165) is 6.54 Å². The molecule has 0 aliphatic carbocycles. The summed E-state index contributed by atoms with van der Waals surface area (Å²) >= 11 is 0. The SMILES string of the molecule is F[B-](F)(F)F.c1ccc(-c2cc(-c3ccccc3)[n+](N3CC3c3ccccc3)c(-c3ccccc3)c2)cc1. The van der Waals surface area contributed by atoms with Gasteiger partial charge in [-0.1, -0.05) is 102 Å². The van der Waals surface area contributed by atoms with Crippen LogP contribution in [-0.4, -0.2) is 13.8 Å². The Morgan fingerprint density at radius 1 is 0.526 bits per heavy atom. The first-order valence-electron chi connectivity index (χ1n) is 12.3. The summed E-state index contributed by atoms with van der Waals surface area (Å²) < 4.78 is 41.4. The van der Waals surface area contributed by atoms with E-state index in [4.69, 9.17) is 0 Å². The van der Waals surface area contributed by atoms with Gasteiger partial charge in [0.25, 0.3) is 0 Å². The van der Waals surface area contributed by atoms with Crippen molar-refractivity contribution in [2.75, 3.05) is 11.6 Å². The van der Waals surface area contributed by atoms with E-state index in [-0.39, 0.29) is 0 Å². The Labute approximate surface area is 219 Å². The summed E-state index contributed by atoms with van der Waals surface area (Å²) in [4.78, 5) is 0. The molecule has 6 rings (SSSR count). The highest BCUT2D eigenvalue weighted by Crippen LogP contribution is 2.35. The molecule has 0 radical (unpaired) electrons. The van der Waals surface area contributed by atoms with Gasteiger partial charge in [0.1, 0.15) is 12.6 Å². The number of aromatic nitrogens is 1. The van der Waals surface area contributed by atoms with Crippen LogP contribution in [0.2, 0.25) is 0 Å². The van der Waals surface area contributed by atoms with E-state index in [1.54, 1.807) is 0 Å². The van der Waals surface area contributed by atoms with Gasteiger partial charge in [-0.15, -0.1) is 0 Å². The molecular weight excluding hydrogens is 487 g/mol. The second-order valence-electron chi connectivity index (χ2n) is 8.97. The average molecular weight is 512 g/mol. The Morgan fingerprint density at radius 2 is 0.895 bits per heavy atom. The number of hydrogen-bond acceptors (Lipinski definition) is 1. The van der Waals surface area contributed by atoms with Crippen molar-refractivity contribution in [3.63, 3.8) is 0 Å². The molecule has 1 unspecified atom stereocenters. The zero-order valence-corrected chi connectivity index (χ0v) is 20.5. The number of benzene rings is 4. The lowest BCUT2D eigenvalue weighted by molar-refractivity contribution is -0.655. The summed E-state index contributed by atoms with van der Waals surface area (Å²) in [5, 5.41) is 2.47. The highest BCUT2D eigenvalue weighted by Gasteiger charge is 2.46. The van der Waals surface area contributed by atoms with Crippen LogP contribution in [0.15, 0.2) is 133 Å². The van der Waals surface area contributed by atoms with E-state index in [9.17, 15) is 17.3 Å². The van der Waals surface area contributed by atoms with Gasteiger partial charge in [-0.25, -0.2) is 0 Å². The van der Waals surface area contributed by atoms with E-state index in [2.05, 4.69) is 143 Å². The molecule has 5 aromatic rings. The molecule has 4 aromatic carbocycles. The minimum absolute atomic E-state index is 0.378. The second kappa shape index (κ2) is 10.9. The Morgan fingerprint density at radius 3 is 1.32 bits per heavy atom. The quantitative estimate of drug-likeness (QED) is 0.100.